The van der Waals surface area contributed by atoms with Gasteiger partial charge < -0.3 is 20.3 Å². The van der Waals surface area contributed by atoms with Crippen LogP contribution < -0.4 is 20.3 Å². The van der Waals surface area contributed by atoms with Crippen LogP contribution in [0.5, 0.6) is 6.01 Å². The van der Waals surface area contributed by atoms with E-state index in [0.717, 1.165) is 57.2 Å². The molecule has 1 spiro atoms. The molecular weight excluding hydrogens is 529 g/mol. The van der Waals surface area contributed by atoms with Gasteiger partial charge in [0.15, 0.2) is 0 Å². The van der Waals surface area contributed by atoms with Crippen LogP contribution >= 0.6 is 11.3 Å². The average molecular weight is 564 g/mol. The number of thiophene rings is 1. The molecule has 210 valence electrons. The number of nitrogen functional groups attached to an aromatic ring is 1. The number of nitrogens with two attached hydrogens (primary N) is 1. The number of halogens is 1. The first-order chi connectivity index (χ1) is 19.3. The number of anilines is 3. The van der Waals surface area contributed by atoms with Crippen molar-refractivity contribution in [2.75, 3.05) is 61.4 Å². The van der Waals surface area contributed by atoms with Gasteiger partial charge in [-0.2, -0.15) is 25.5 Å². The number of rotatable bonds is 5. The molecule has 1 aliphatic carbocycles. The minimum absolute atomic E-state index is 0.115. The SMILES string of the molecule is CC1(C#N)CCCN(c2nc(OC[C@@]34CCCN3C[C@H](F)C4)nc(N3CC4(CCc5sc(N)c(C#N)c54)C3)n2)C1. The third-order valence-electron chi connectivity index (χ3n) is 9.82. The van der Waals surface area contributed by atoms with Gasteiger partial charge in [0.1, 0.15) is 23.8 Å². The summed E-state index contributed by atoms with van der Waals surface area (Å²) in [5.74, 6) is 1.06. The van der Waals surface area contributed by atoms with Gasteiger partial charge in [0.25, 0.3) is 0 Å². The van der Waals surface area contributed by atoms with E-state index in [1.165, 1.54) is 16.2 Å². The second-order valence-corrected chi connectivity index (χ2v) is 13.8. The maximum atomic E-state index is 14.4. The third kappa shape index (κ3) is 3.99. The molecule has 2 aromatic heterocycles. The number of fused-ring (bicyclic) bond motifs is 3. The number of piperidine rings is 1. The summed E-state index contributed by atoms with van der Waals surface area (Å²) < 4.78 is 20.6. The molecule has 2 aromatic rings. The van der Waals surface area contributed by atoms with Crippen molar-refractivity contribution in [3.63, 3.8) is 0 Å². The molecule has 2 N–H and O–H groups in total. The molecule has 6 heterocycles. The Morgan fingerprint density at radius 2 is 1.85 bits per heavy atom. The predicted octanol–water partition coefficient (Wildman–Crippen LogP) is 3.18. The van der Waals surface area contributed by atoms with Crippen molar-refractivity contribution in [2.45, 2.75) is 69.0 Å². The largest absolute Gasteiger partial charge is 0.461 e. The Morgan fingerprint density at radius 3 is 2.62 bits per heavy atom. The molecule has 4 fully saturated rings. The van der Waals surface area contributed by atoms with E-state index in [-0.39, 0.29) is 17.0 Å². The molecule has 3 atom stereocenters. The van der Waals surface area contributed by atoms with E-state index in [0.29, 0.717) is 61.7 Å². The molecule has 0 saturated carbocycles. The normalized spacial score (nSPS) is 30.6. The number of alkyl halides is 1. The Labute approximate surface area is 237 Å². The smallest absolute Gasteiger partial charge is 0.323 e. The molecule has 4 saturated heterocycles. The fraction of sp³-hybridized carbons (Fsp3) is 0.679. The van der Waals surface area contributed by atoms with E-state index < -0.39 is 11.6 Å². The molecule has 0 amide bonds. The Balaban J connectivity index is 1.17. The minimum Gasteiger partial charge on any atom is -0.461 e. The lowest BCUT2D eigenvalue weighted by molar-refractivity contribution is 0.107. The van der Waals surface area contributed by atoms with E-state index in [1.54, 1.807) is 0 Å². The van der Waals surface area contributed by atoms with Gasteiger partial charge in [-0.05, 0) is 57.6 Å². The van der Waals surface area contributed by atoms with Gasteiger partial charge in [0.05, 0.1) is 22.6 Å². The second-order valence-electron chi connectivity index (χ2n) is 12.7. The van der Waals surface area contributed by atoms with E-state index in [2.05, 4.69) is 26.8 Å². The highest BCUT2D eigenvalue weighted by molar-refractivity contribution is 7.16. The Morgan fingerprint density at radius 1 is 1.07 bits per heavy atom. The summed E-state index contributed by atoms with van der Waals surface area (Å²) in [7, 11) is 0. The third-order valence-corrected chi connectivity index (χ3v) is 10.9. The lowest BCUT2D eigenvalue weighted by atomic mass is 9.74. The summed E-state index contributed by atoms with van der Waals surface area (Å²) in [5.41, 5.74) is 7.03. The quantitative estimate of drug-likeness (QED) is 0.579. The van der Waals surface area contributed by atoms with Gasteiger partial charge >= 0.3 is 6.01 Å². The van der Waals surface area contributed by atoms with Crippen LogP contribution in [-0.4, -0.2) is 77.4 Å². The van der Waals surface area contributed by atoms with Crippen molar-refractivity contribution in [3.05, 3.63) is 16.0 Å². The first-order valence-corrected chi connectivity index (χ1v) is 15.1. The van der Waals surface area contributed by atoms with Crippen LogP contribution in [0.25, 0.3) is 0 Å². The van der Waals surface area contributed by atoms with Crippen LogP contribution in [0.1, 0.15) is 61.5 Å². The number of nitriles is 2. The number of nitrogens with zero attached hydrogens (tertiary/aromatic N) is 8. The number of hydrogen-bond acceptors (Lipinski definition) is 11. The zero-order valence-corrected chi connectivity index (χ0v) is 23.6. The number of ether oxygens (including phenoxy) is 1. The Kier molecular flexibility index (Phi) is 5.88. The van der Waals surface area contributed by atoms with Crippen LogP contribution in [0.2, 0.25) is 0 Å². The van der Waals surface area contributed by atoms with Crippen LogP contribution in [0, 0.1) is 28.1 Å². The first-order valence-electron chi connectivity index (χ1n) is 14.3. The monoisotopic (exact) mass is 563 g/mol. The van der Waals surface area contributed by atoms with Crippen LogP contribution in [0.15, 0.2) is 0 Å². The molecule has 1 unspecified atom stereocenters. The van der Waals surface area contributed by atoms with E-state index in [1.807, 2.05) is 6.92 Å². The predicted molar refractivity (Wildman–Crippen MR) is 149 cm³/mol. The van der Waals surface area contributed by atoms with Crippen molar-refractivity contribution >= 4 is 28.2 Å². The maximum absolute atomic E-state index is 14.4. The molecule has 7 rings (SSSR count). The van der Waals surface area contributed by atoms with Crippen LogP contribution in [0.4, 0.5) is 21.3 Å². The Hall–Kier alpha value is -3.22. The van der Waals surface area contributed by atoms with Gasteiger partial charge in [0.2, 0.25) is 11.9 Å². The van der Waals surface area contributed by atoms with Crippen molar-refractivity contribution in [3.8, 4) is 18.1 Å². The van der Waals surface area contributed by atoms with Crippen LogP contribution in [-0.2, 0) is 11.8 Å². The molecule has 12 heteroatoms. The summed E-state index contributed by atoms with van der Waals surface area (Å²) in [5, 5.41) is 20.2. The fourth-order valence-electron chi connectivity index (χ4n) is 7.80. The molecular formula is C28H34FN9OS. The maximum Gasteiger partial charge on any atom is 0.323 e. The van der Waals surface area contributed by atoms with Crippen molar-refractivity contribution in [2.24, 2.45) is 5.41 Å². The molecule has 4 aliphatic heterocycles. The topological polar surface area (TPSA) is 131 Å². The average Bonchev–Trinajstić information content (AvgIpc) is 3.64. The van der Waals surface area contributed by atoms with Crippen molar-refractivity contribution in [1.29, 1.82) is 10.5 Å². The first kappa shape index (κ1) is 25.7. The van der Waals surface area contributed by atoms with E-state index >= 15 is 0 Å². The zero-order valence-electron chi connectivity index (χ0n) is 22.8. The lowest BCUT2D eigenvalue weighted by Gasteiger charge is -2.48. The molecule has 0 bridgehead atoms. The molecule has 10 nitrogen and oxygen atoms in total. The standard InChI is InChI=1S/C28H34FN9OS/c1-26(13-31)5-2-8-36(14-26)23-33-24(35-25(34-23)39-17-28-6-3-9-38(28)12-18(29)10-28)37-15-27(16-37)7-4-20-21(27)19(11-30)22(32)40-20/h18H,2-10,12,14-17,32H2,1H3/t18-,26?,28+/m1/s1. The lowest BCUT2D eigenvalue weighted by Crippen LogP contribution is -2.59. The molecule has 0 radical (unpaired) electrons. The van der Waals surface area contributed by atoms with E-state index in [9.17, 15) is 14.9 Å². The van der Waals surface area contributed by atoms with Crippen molar-refractivity contribution < 1.29 is 9.13 Å². The highest BCUT2D eigenvalue weighted by Gasteiger charge is 2.53. The summed E-state index contributed by atoms with van der Waals surface area (Å²) in [6, 6.07) is 5.05. The fourth-order valence-corrected chi connectivity index (χ4v) is 8.94. The van der Waals surface area contributed by atoms with Gasteiger partial charge in [-0.3, -0.25) is 4.90 Å². The molecule has 5 aliphatic rings. The minimum atomic E-state index is -0.830. The van der Waals surface area contributed by atoms with Crippen molar-refractivity contribution in [1.82, 2.24) is 19.9 Å². The number of hydrogen-bond donors (Lipinski definition) is 1. The summed E-state index contributed by atoms with van der Waals surface area (Å²) in [6.07, 6.45) is 5.24. The van der Waals surface area contributed by atoms with E-state index in [4.69, 9.17) is 25.4 Å². The Bertz CT molecular complexity index is 1430. The highest BCUT2D eigenvalue weighted by atomic mass is 32.1. The summed E-state index contributed by atoms with van der Waals surface area (Å²) in [4.78, 5) is 22.0. The summed E-state index contributed by atoms with van der Waals surface area (Å²) in [6.45, 7) is 6.39. The number of aromatic nitrogens is 3. The highest BCUT2D eigenvalue weighted by Crippen LogP contribution is 2.52. The summed E-state index contributed by atoms with van der Waals surface area (Å²) >= 11 is 1.54. The second kappa shape index (κ2) is 9.15. The molecule has 40 heavy (non-hydrogen) atoms. The van der Waals surface area contributed by atoms with Gasteiger partial charge in [-0.15, -0.1) is 11.3 Å². The van der Waals surface area contributed by atoms with Crippen LogP contribution in [0.3, 0.4) is 0 Å². The molecule has 0 aromatic carbocycles. The zero-order chi connectivity index (χ0) is 27.7. The van der Waals surface area contributed by atoms with Gasteiger partial charge in [-0.25, -0.2) is 4.39 Å². The number of aryl methyl sites for hydroxylation is 1. The van der Waals surface area contributed by atoms with Gasteiger partial charge in [-0.1, -0.05) is 0 Å². The van der Waals surface area contributed by atoms with Gasteiger partial charge in [0, 0.05) is 49.4 Å².